The Morgan fingerprint density at radius 3 is 1.79 bits per heavy atom. The van der Waals surface area contributed by atoms with Crippen LogP contribution in [0.15, 0.2) is 119 Å². The lowest BCUT2D eigenvalue weighted by Gasteiger charge is -2.19. The smallest absolute Gasteiger partial charge is 0.230 e. The number of anilines is 5. The Morgan fingerprint density at radius 1 is 0.729 bits per heavy atom. The van der Waals surface area contributed by atoms with E-state index in [0.717, 1.165) is 51.0 Å². The molecule has 5 aromatic carbocycles. The van der Waals surface area contributed by atoms with Crippen LogP contribution in [0.25, 0.3) is 27.6 Å². The van der Waals surface area contributed by atoms with Gasteiger partial charge in [-0.2, -0.15) is 10.5 Å². The predicted octanol–water partition coefficient (Wildman–Crippen LogP) is 10.4. The maximum atomic E-state index is 8.93. The summed E-state index contributed by atoms with van der Waals surface area (Å²) in [4.78, 5) is 4.84. The van der Waals surface area contributed by atoms with E-state index in [2.05, 4.69) is 105 Å². The van der Waals surface area contributed by atoms with Crippen molar-refractivity contribution in [2.75, 3.05) is 27.0 Å². The largest absolute Gasteiger partial charge is 0.382 e. The lowest BCUT2D eigenvalue weighted by atomic mass is 10.1. The third-order valence-electron chi connectivity index (χ3n) is 7.69. The summed E-state index contributed by atoms with van der Waals surface area (Å²) in [6.45, 7) is 4.38. The van der Waals surface area contributed by atoms with E-state index >= 15 is 0 Å². The van der Waals surface area contributed by atoms with Crippen molar-refractivity contribution in [2.24, 2.45) is 10.2 Å². The fraction of sp³-hybridized carbons (Fsp3) is 0.108. The summed E-state index contributed by atoms with van der Waals surface area (Å²) in [5.74, 6) is 0. The second kappa shape index (κ2) is 14.8. The number of nitrogens with zero attached hydrogens (tertiary/aromatic N) is 5. The van der Waals surface area contributed by atoms with Crippen LogP contribution in [-0.2, 0) is 0 Å². The Bertz CT molecular complexity index is 2190. The van der Waals surface area contributed by atoms with E-state index in [0.29, 0.717) is 21.7 Å². The van der Waals surface area contributed by atoms with Crippen molar-refractivity contribution in [1.82, 2.24) is 4.98 Å². The molecule has 0 bridgehead atoms. The number of fused-ring (bicyclic) bond motifs is 2. The summed E-state index contributed by atoms with van der Waals surface area (Å²) < 4.78 is 0. The van der Waals surface area contributed by atoms with Crippen molar-refractivity contribution in [3.05, 3.63) is 114 Å². The molecule has 11 heteroatoms. The molecule has 236 valence electrons. The van der Waals surface area contributed by atoms with Crippen LogP contribution in [0.1, 0.15) is 25.1 Å². The monoisotopic (exact) mass is 648 g/mol. The van der Waals surface area contributed by atoms with Gasteiger partial charge in [0, 0.05) is 39.5 Å². The summed E-state index contributed by atoms with van der Waals surface area (Å²) >= 11 is 1.24. The minimum Gasteiger partial charge on any atom is -0.382 e. The van der Waals surface area contributed by atoms with Gasteiger partial charge in [-0.15, -0.1) is 10.2 Å². The molecule has 1 unspecified atom stereocenters. The normalized spacial score (nSPS) is 11.4. The predicted molar refractivity (Wildman–Crippen MR) is 198 cm³/mol. The maximum Gasteiger partial charge on any atom is 0.230 e. The standard InChI is InChI=1S/C37H32N10S/c1-3-24(2)41-33-16-17-35(30-9-5-4-8-29(30)33)45-46-36-19-18-34(31-10-6-7-11-32(31)36)44-42-26-12-14-27(15-13-26)43-47-37-40-23-28(48-37)20-25(21-38)22-39/h4-20,23-24,41-42,44-46H,3H2,1-2H3/b47-43+. The van der Waals surface area contributed by atoms with E-state index in [9.17, 15) is 0 Å². The Kier molecular flexibility index (Phi) is 9.71. The first kappa shape index (κ1) is 31.5. The molecule has 48 heavy (non-hydrogen) atoms. The summed E-state index contributed by atoms with van der Waals surface area (Å²) in [5, 5.41) is 34.8. The highest BCUT2D eigenvalue weighted by Crippen LogP contribution is 2.33. The van der Waals surface area contributed by atoms with Crippen LogP contribution in [0.4, 0.5) is 39.3 Å². The molecule has 6 rings (SSSR count). The van der Waals surface area contributed by atoms with Crippen LogP contribution >= 0.6 is 11.3 Å². The average molecular weight is 649 g/mol. The number of hydrogen-bond donors (Lipinski definition) is 5. The van der Waals surface area contributed by atoms with E-state index < -0.39 is 0 Å². The summed E-state index contributed by atoms with van der Waals surface area (Å²) in [5.41, 5.74) is 19.0. The van der Waals surface area contributed by atoms with Crippen molar-refractivity contribution in [2.45, 2.75) is 26.3 Å². The number of hydrogen-bond acceptors (Lipinski definition) is 11. The zero-order chi connectivity index (χ0) is 33.3. The summed E-state index contributed by atoms with van der Waals surface area (Å²) in [6, 6.07) is 36.5. The van der Waals surface area contributed by atoms with Crippen LogP contribution in [0.3, 0.4) is 0 Å². The minimum absolute atomic E-state index is 0.0114. The van der Waals surface area contributed by atoms with E-state index in [4.69, 9.17) is 10.5 Å². The number of benzene rings is 5. The van der Waals surface area contributed by atoms with Crippen molar-refractivity contribution in [3.63, 3.8) is 0 Å². The van der Waals surface area contributed by atoms with Crippen molar-refractivity contribution < 1.29 is 0 Å². The van der Waals surface area contributed by atoms with Gasteiger partial charge in [-0.1, -0.05) is 66.8 Å². The molecule has 1 aromatic heterocycles. The average Bonchev–Trinajstić information content (AvgIpc) is 3.59. The van der Waals surface area contributed by atoms with Gasteiger partial charge in [0.2, 0.25) is 5.13 Å². The summed E-state index contributed by atoms with van der Waals surface area (Å²) in [6.07, 6.45) is 4.08. The first-order chi connectivity index (χ1) is 23.5. The minimum atomic E-state index is 0.0114. The van der Waals surface area contributed by atoms with Crippen LogP contribution < -0.4 is 27.0 Å². The molecular formula is C37H32N10S. The molecule has 5 N–H and O–H groups in total. The van der Waals surface area contributed by atoms with Gasteiger partial charge in [-0.25, -0.2) is 4.98 Å². The van der Waals surface area contributed by atoms with Gasteiger partial charge in [0.15, 0.2) is 0 Å². The molecule has 0 radical (unpaired) electrons. The molecule has 0 aliphatic rings. The Hall–Kier alpha value is -6.43. The molecule has 0 saturated heterocycles. The molecule has 0 amide bonds. The van der Waals surface area contributed by atoms with Crippen molar-refractivity contribution in [3.8, 4) is 12.1 Å². The molecular weight excluding hydrogens is 617 g/mol. The highest BCUT2D eigenvalue weighted by molar-refractivity contribution is 7.16. The number of allylic oxidation sites excluding steroid dienone is 1. The maximum absolute atomic E-state index is 8.93. The fourth-order valence-corrected chi connectivity index (χ4v) is 5.71. The van der Waals surface area contributed by atoms with Crippen LogP contribution in [-0.4, -0.2) is 11.0 Å². The number of aromatic nitrogens is 1. The third kappa shape index (κ3) is 7.34. The molecule has 0 spiro atoms. The molecule has 0 aliphatic carbocycles. The number of nitriles is 2. The van der Waals surface area contributed by atoms with Gasteiger partial charge in [-0.05, 0) is 68.0 Å². The van der Waals surface area contributed by atoms with E-state index in [1.165, 1.54) is 22.8 Å². The molecule has 0 saturated carbocycles. The Balaban J connectivity index is 1.12. The number of rotatable bonds is 12. The topological polar surface area (TPSA) is 145 Å². The molecule has 1 heterocycles. The number of azo groups is 1. The van der Waals surface area contributed by atoms with Crippen LogP contribution in [0, 0.1) is 22.7 Å². The quantitative estimate of drug-likeness (QED) is 0.0500. The molecule has 0 aliphatic heterocycles. The van der Waals surface area contributed by atoms with Gasteiger partial charge < -0.3 is 27.0 Å². The first-order valence-corrected chi connectivity index (χ1v) is 16.2. The van der Waals surface area contributed by atoms with Crippen LogP contribution in [0.2, 0.25) is 0 Å². The van der Waals surface area contributed by atoms with Gasteiger partial charge in [0.05, 0.1) is 33.3 Å². The lowest BCUT2D eigenvalue weighted by Crippen LogP contribution is -2.14. The van der Waals surface area contributed by atoms with Crippen LogP contribution in [0.5, 0.6) is 0 Å². The van der Waals surface area contributed by atoms with Crippen molar-refractivity contribution >= 4 is 78.2 Å². The first-order valence-electron chi connectivity index (χ1n) is 15.4. The molecule has 0 fully saturated rings. The second-order valence-electron chi connectivity index (χ2n) is 10.9. The van der Waals surface area contributed by atoms with Crippen molar-refractivity contribution in [1.29, 1.82) is 10.5 Å². The Morgan fingerprint density at radius 2 is 1.25 bits per heavy atom. The van der Waals surface area contributed by atoms with E-state index in [1.54, 1.807) is 6.20 Å². The molecule has 1 atom stereocenters. The van der Waals surface area contributed by atoms with Gasteiger partial charge in [0.25, 0.3) is 0 Å². The zero-order valence-corrected chi connectivity index (χ0v) is 27.1. The zero-order valence-electron chi connectivity index (χ0n) is 26.3. The van der Waals surface area contributed by atoms with E-state index in [-0.39, 0.29) is 5.57 Å². The number of thiazole rings is 1. The molecule has 10 nitrogen and oxygen atoms in total. The van der Waals surface area contributed by atoms with Gasteiger partial charge >= 0.3 is 0 Å². The fourth-order valence-electron chi connectivity index (χ4n) is 5.03. The highest BCUT2D eigenvalue weighted by Gasteiger charge is 2.10. The molecule has 6 aromatic rings. The SMILES string of the molecule is CCC(C)Nc1ccc(NNc2ccc(NNc3ccc(/N=N/c4ncc(C=C(C#N)C#N)s4)cc3)c3ccccc23)c2ccccc12. The number of nitrogens with one attached hydrogen (secondary N) is 5. The second-order valence-corrected chi connectivity index (χ2v) is 12.0. The lowest BCUT2D eigenvalue weighted by molar-refractivity contribution is 0.765. The third-order valence-corrected chi connectivity index (χ3v) is 8.52. The van der Waals surface area contributed by atoms with Gasteiger partial charge in [-0.3, -0.25) is 0 Å². The highest BCUT2D eigenvalue weighted by atomic mass is 32.1. The Labute approximate surface area is 282 Å². The number of hydrazine groups is 2. The summed E-state index contributed by atoms with van der Waals surface area (Å²) in [7, 11) is 0. The van der Waals surface area contributed by atoms with E-state index in [1.807, 2.05) is 60.7 Å². The van der Waals surface area contributed by atoms with Gasteiger partial charge in [0.1, 0.15) is 17.7 Å².